The van der Waals surface area contributed by atoms with E-state index in [-0.39, 0.29) is 48.7 Å². The summed E-state index contributed by atoms with van der Waals surface area (Å²) in [5.41, 5.74) is 5.65. The molecule has 1 saturated heterocycles. The number of β-amino-alcohol motifs (C(OH)–C–C–N with tert-alkyl or cyclic N) is 1. The van der Waals surface area contributed by atoms with E-state index in [0.29, 0.717) is 23.7 Å². The van der Waals surface area contributed by atoms with Gasteiger partial charge in [0, 0.05) is 25.2 Å². The Labute approximate surface area is 205 Å². The van der Waals surface area contributed by atoms with E-state index < -0.39 is 6.04 Å². The molecule has 1 fully saturated rings. The average Bonchev–Trinajstić information content (AvgIpc) is 2.79. The van der Waals surface area contributed by atoms with Crippen molar-refractivity contribution in [1.82, 2.24) is 10.3 Å². The molecule has 3 aliphatic rings. The van der Waals surface area contributed by atoms with Gasteiger partial charge in [0.15, 0.2) is 5.84 Å². The van der Waals surface area contributed by atoms with Gasteiger partial charge >= 0.3 is 0 Å². The first kappa shape index (κ1) is 24.4. The minimum absolute atomic E-state index is 0. The summed E-state index contributed by atoms with van der Waals surface area (Å²) >= 11 is 0. The van der Waals surface area contributed by atoms with Gasteiger partial charge in [0.1, 0.15) is 24.2 Å². The van der Waals surface area contributed by atoms with Gasteiger partial charge in [-0.05, 0) is 47.6 Å². The third-order valence-electron chi connectivity index (χ3n) is 7.35. The highest BCUT2D eigenvalue weighted by Gasteiger charge is 2.45. The molecule has 182 valence electrons. The Morgan fingerprint density at radius 1 is 1.29 bits per heavy atom. The lowest BCUT2D eigenvalue weighted by Gasteiger charge is -2.52. The van der Waals surface area contributed by atoms with Crippen LogP contribution in [-0.4, -0.2) is 60.6 Å². The second kappa shape index (κ2) is 9.17. The van der Waals surface area contributed by atoms with Gasteiger partial charge in [0.25, 0.3) is 5.91 Å². The Balaban J connectivity index is 0.00000274. The molecule has 0 spiro atoms. The molecule has 3 aliphatic heterocycles. The number of nitrogens with one attached hydrogen (secondary N) is 1. The third kappa shape index (κ3) is 3.93. The Morgan fingerprint density at radius 3 is 2.74 bits per heavy atom. The zero-order chi connectivity index (χ0) is 23.3. The molecule has 7 nitrogen and oxygen atoms in total. The van der Waals surface area contributed by atoms with Crippen LogP contribution < -0.4 is 15.1 Å². The van der Waals surface area contributed by atoms with Gasteiger partial charge in [0.2, 0.25) is 0 Å². The maximum absolute atomic E-state index is 14.9. The summed E-state index contributed by atoms with van der Waals surface area (Å²) in [5.74, 6) is 0.908. The van der Waals surface area contributed by atoms with Crippen molar-refractivity contribution in [3.8, 4) is 16.9 Å². The monoisotopic (exact) mass is 488 g/mol. The van der Waals surface area contributed by atoms with Crippen LogP contribution in [0.5, 0.6) is 5.75 Å². The fourth-order valence-electron chi connectivity index (χ4n) is 5.28. The smallest absolute Gasteiger partial charge is 0.262 e. The molecular formula is C25H30ClFN4O3. The number of hydrogen-bond donors (Lipinski definition) is 2. The lowest BCUT2D eigenvalue weighted by atomic mass is 9.67. The molecule has 0 bridgehead atoms. The van der Waals surface area contributed by atoms with E-state index in [4.69, 9.17) is 4.74 Å². The molecular weight excluding hydrogens is 459 g/mol. The van der Waals surface area contributed by atoms with Crippen LogP contribution in [0.25, 0.3) is 11.1 Å². The van der Waals surface area contributed by atoms with E-state index >= 15 is 0 Å². The number of carbonyl (C=O) groups excluding carboxylic acids is 1. The molecule has 0 unspecified atom stereocenters. The summed E-state index contributed by atoms with van der Waals surface area (Å²) in [6.45, 7) is 8.98. The minimum Gasteiger partial charge on any atom is -0.483 e. The topological polar surface area (TPSA) is 77.4 Å². The molecule has 1 amide bonds. The van der Waals surface area contributed by atoms with E-state index in [1.165, 1.54) is 6.07 Å². The molecule has 2 aromatic carbocycles. The molecule has 0 aromatic heterocycles. The Kier molecular flexibility index (Phi) is 6.59. The molecule has 2 N–H and O–H groups in total. The normalized spacial score (nSPS) is 21.7. The van der Waals surface area contributed by atoms with E-state index in [1.807, 2.05) is 30.0 Å². The largest absolute Gasteiger partial charge is 0.483 e. The van der Waals surface area contributed by atoms with Crippen LogP contribution in [0, 0.1) is 11.2 Å². The van der Waals surface area contributed by atoms with Gasteiger partial charge in [-0.15, -0.1) is 12.4 Å². The summed E-state index contributed by atoms with van der Waals surface area (Å²) < 4.78 is 20.9. The van der Waals surface area contributed by atoms with Crippen LogP contribution in [0.4, 0.5) is 10.1 Å². The maximum atomic E-state index is 14.9. The molecule has 2 aromatic rings. The number of anilines is 1. The summed E-state index contributed by atoms with van der Waals surface area (Å²) in [7, 11) is 0. The fourth-order valence-corrected chi connectivity index (χ4v) is 5.28. The zero-order valence-electron chi connectivity index (χ0n) is 19.5. The molecule has 0 aliphatic carbocycles. The van der Waals surface area contributed by atoms with E-state index in [1.54, 1.807) is 12.1 Å². The molecule has 34 heavy (non-hydrogen) atoms. The summed E-state index contributed by atoms with van der Waals surface area (Å²) in [6, 6.07) is 10.3. The van der Waals surface area contributed by atoms with Crippen molar-refractivity contribution in [3.63, 3.8) is 0 Å². The first-order chi connectivity index (χ1) is 15.8. The number of ether oxygens (including phenoxy) is 1. The van der Waals surface area contributed by atoms with Crippen LogP contribution in [0.2, 0.25) is 0 Å². The second-order valence-electron chi connectivity index (χ2n) is 9.54. The second-order valence-corrected chi connectivity index (χ2v) is 9.54. The number of carbonyl (C=O) groups is 1. The highest BCUT2D eigenvalue weighted by Crippen LogP contribution is 2.49. The van der Waals surface area contributed by atoms with Crippen molar-refractivity contribution in [2.24, 2.45) is 10.5 Å². The number of nitrogens with zero attached hydrogens (tertiary/aromatic N) is 3. The Hall–Kier alpha value is -2.68. The average molecular weight is 489 g/mol. The molecule has 0 saturated carbocycles. The van der Waals surface area contributed by atoms with Crippen molar-refractivity contribution in [1.29, 1.82) is 0 Å². The van der Waals surface area contributed by atoms with Crippen LogP contribution >= 0.6 is 12.4 Å². The Bertz CT molecular complexity index is 1140. The standard InChI is InChI=1S/C25H29FN4O3.ClH/c1-15(25(3)13-29(14-25)8-9-31)18-10-21-22(11-19(18)17-6-4-5-7-20(17)26)33-12-23-27-28-24(32)16(2)30(21)23;/h4-7,10-11,15-16,31H,8-9,12-14H2,1-3H3,(H,28,32);1H/t15-,16-;/m1./s1. The number of rotatable bonds is 5. The highest BCUT2D eigenvalue weighted by atomic mass is 35.5. The molecule has 9 heteroatoms. The van der Waals surface area contributed by atoms with Gasteiger partial charge in [0.05, 0.1) is 12.3 Å². The predicted octanol–water partition coefficient (Wildman–Crippen LogP) is 3.36. The van der Waals surface area contributed by atoms with Crippen molar-refractivity contribution in [2.45, 2.75) is 32.7 Å². The fraction of sp³-hybridized carbons (Fsp3) is 0.440. The van der Waals surface area contributed by atoms with E-state index in [2.05, 4.69) is 29.3 Å². The van der Waals surface area contributed by atoms with Crippen LogP contribution in [0.3, 0.4) is 0 Å². The van der Waals surface area contributed by atoms with Crippen LogP contribution in [-0.2, 0) is 4.79 Å². The molecule has 2 atom stereocenters. The number of hydrazone groups is 1. The number of fused-ring (bicyclic) bond motifs is 3. The minimum atomic E-state index is -0.429. The first-order valence-electron chi connectivity index (χ1n) is 11.4. The van der Waals surface area contributed by atoms with Crippen molar-refractivity contribution < 1.29 is 19.0 Å². The zero-order valence-corrected chi connectivity index (χ0v) is 20.4. The molecule has 0 radical (unpaired) electrons. The number of amides is 1. The lowest BCUT2D eigenvalue weighted by molar-refractivity contribution is -0.122. The van der Waals surface area contributed by atoms with Crippen LogP contribution in [0.15, 0.2) is 41.5 Å². The van der Waals surface area contributed by atoms with Crippen molar-refractivity contribution in [3.05, 3.63) is 47.8 Å². The number of amidine groups is 1. The Morgan fingerprint density at radius 2 is 2.03 bits per heavy atom. The summed E-state index contributed by atoms with van der Waals surface area (Å²) in [4.78, 5) is 16.5. The molecule has 3 heterocycles. The number of halogens is 2. The van der Waals surface area contributed by atoms with E-state index in [0.717, 1.165) is 29.9 Å². The van der Waals surface area contributed by atoms with E-state index in [9.17, 15) is 14.3 Å². The van der Waals surface area contributed by atoms with Crippen molar-refractivity contribution in [2.75, 3.05) is 37.7 Å². The highest BCUT2D eigenvalue weighted by molar-refractivity contribution is 6.09. The summed E-state index contributed by atoms with van der Waals surface area (Å²) in [5, 5.41) is 13.5. The predicted molar refractivity (Wildman–Crippen MR) is 132 cm³/mol. The molecule has 5 rings (SSSR count). The lowest BCUT2D eigenvalue weighted by Crippen LogP contribution is -2.57. The number of aliphatic hydroxyl groups excluding tert-OH is 1. The van der Waals surface area contributed by atoms with Gasteiger partial charge in [-0.3, -0.25) is 9.69 Å². The number of benzene rings is 2. The number of aliphatic hydroxyl groups is 1. The number of likely N-dealkylation sites (tertiary alicyclic amines) is 1. The van der Waals surface area contributed by atoms with Gasteiger partial charge in [-0.1, -0.05) is 32.0 Å². The van der Waals surface area contributed by atoms with Crippen LogP contribution in [0.1, 0.15) is 32.3 Å². The van der Waals surface area contributed by atoms with Gasteiger partial charge < -0.3 is 14.7 Å². The van der Waals surface area contributed by atoms with Gasteiger partial charge in [-0.2, -0.15) is 5.10 Å². The van der Waals surface area contributed by atoms with Gasteiger partial charge in [-0.25, -0.2) is 9.82 Å². The van der Waals surface area contributed by atoms with Crippen molar-refractivity contribution >= 4 is 29.8 Å². The SMILES string of the molecule is C[C@@H]1C(=O)NN=C2COc3cc(-c4ccccc4F)c([C@@H](C)C4(C)CN(CCO)C4)cc3N21.Cl. The maximum Gasteiger partial charge on any atom is 0.262 e. The summed E-state index contributed by atoms with van der Waals surface area (Å²) in [6.07, 6.45) is 0. The first-order valence-corrected chi connectivity index (χ1v) is 11.4. The number of hydrogen-bond acceptors (Lipinski definition) is 6. The third-order valence-corrected chi connectivity index (χ3v) is 7.35. The quantitative estimate of drug-likeness (QED) is 0.675.